The van der Waals surface area contributed by atoms with E-state index >= 15 is 0 Å². The Balaban J connectivity index is 2.21. The van der Waals surface area contributed by atoms with E-state index in [9.17, 15) is 9.59 Å². The summed E-state index contributed by atoms with van der Waals surface area (Å²) >= 11 is 0. The van der Waals surface area contributed by atoms with Gasteiger partial charge in [0.1, 0.15) is 5.75 Å². The minimum atomic E-state index is -0.328. The van der Waals surface area contributed by atoms with Crippen molar-refractivity contribution in [2.75, 3.05) is 14.2 Å². The highest BCUT2D eigenvalue weighted by Crippen LogP contribution is 2.30. The third-order valence-electron chi connectivity index (χ3n) is 3.35. The van der Waals surface area contributed by atoms with Crippen LogP contribution >= 0.6 is 0 Å². The van der Waals surface area contributed by atoms with E-state index in [2.05, 4.69) is 4.74 Å². The molecule has 4 heteroatoms. The second-order valence-corrected chi connectivity index (χ2v) is 4.40. The van der Waals surface area contributed by atoms with Gasteiger partial charge in [-0.05, 0) is 36.6 Å². The fourth-order valence-electron chi connectivity index (χ4n) is 2.30. The van der Waals surface area contributed by atoms with Gasteiger partial charge in [0.05, 0.1) is 20.6 Å². The lowest BCUT2D eigenvalue weighted by Gasteiger charge is -2.22. The molecule has 0 radical (unpaired) electrons. The van der Waals surface area contributed by atoms with Crippen molar-refractivity contribution in [1.29, 1.82) is 0 Å². The van der Waals surface area contributed by atoms with Gasteiger partial charge in [0.2, 0.25) is 0 Å². The standard InChI is InChI=1S/C14H16O4/c1-17-11-5-6-12-9(7-11)3-4-10(14(12)16)8-13(15)18-2/h5-7,10H,3-4,8H2,1-2H3/t10-/m0/s1. The van der Waals surface area contributed by atoms with Crippen molar-refractivity contribution >= 4 is 11.8 Å². The Kier molecular flexibility index (Phi) is 3.65. The maximum atomic E-state index is 12.2. The molecule has 0 bridgehead atoms. The van der Waals surface area contributed by atoms with Crippen LogP contribution in [-0.4, -0.2) is 26.0 Å². The van der Waals surface area contributed by atoms with Crippen LogP contribution in [0.25, 0.3) is 0 Å². The number of methoxy groups -OCH3 is 2. The first-order chi connectivity index (χ1) is 8.65. The Morgan fingerprint density at radius 2 is 2.17 bits per heavy atom. The summed E-state index contributed by atoms with van der Waals surface area (Å²) in [4.78, 5) is 23.5. The molecule has 0 unspecified atom stereocenters. The van der Waals surface area contributed by atoms with Crippen LogP contribution in [0.3, 0.4) is 0 Å². The molecule has 1 aliphatic carbocycles. The van der Waals surface area contributed by atoms with E-state index in [1.807, 2.05) is 6.07 Å². The second kappa shape index (κ2) is 5.21. The molecule has 0 saturated heterocycles. The number of hydrogen-bond acceptors (Lipinski definition) is 4. The van der Waals surface area contributed by atoms with Crippen LogP contribution in [0.5, 0.6) is 5.75 Å². The molecule has 96 valence electrons. The molecule has 1 aromatic rings. The summed E-state index contributed by atoms with van der Waals surface area (Å²) in [7, 11) is 2.95. The van der Waals surface area contributed by atoms with Gasteiger partial charge in [-0.2, -0.15) is 0 Å². The van der Waals surface area contributed by atoms with Crippen LogP contribution in [0, 0.1) is 5.92 Å². The molecule has 18 heavy (non-hydrogen) atoms. The molecule has 0 N–H and O–H groups in total. The van der Waals surface area contributed by atoms with Crippen LogP contribution in [0.2, 0.25) is 0 Å². The molecule has 0 amide bonds. The second-order valence-electron chi connectivity index (χ2n) is 4.40. The van der Waals surface area contributed by atoms with Crippen molar-refractivity contribution in [2.24, 2.45) is 5.92 Å². The molecular formula is C14H16O4. The normalized spacial score (nSPS) is 18.1. The molecule has 0 aliphatic heterocycles. The van der Waals surface area contributed by atoms with E-state index in [4.69, 9.17) is 4.74 Å². The number of aryl methyl sites for hydroxylation is 1. The highest BCUT2D eigenvalue weighted by Gasteiger charge is 2.29. The number of Topliss-reactive ketones (excluding diaryl/α,β-unsaturated/α-hetero) is 1. The third kappa shape index (κ3) is 2.37. The molecule has 4 nitrogen and oxygen atoms in total. The van der Waals surface area contributed by atoms with Crippen LogP contribution in [0.15, 0.2) is 18.2 Å². The summed E-state index contributed by atoms with van der Waals surface area (Å²) in [6.45, 7) is 0. The van der Waals surface area contributed by atoms with Gasteiger partial charge >= 0.3 is 5.97 Å². The molecule has 0 heterocycles. The van der Waals surface area contributed by atoms with Crippen LogP contribution in [-0.2, 0) is 16.0 Å². The quantitative estimate of drug-likeness (QED) is 0.768. The predicted molar refractivity (Wildman–Crippen MR) is 65.8 cm³/mol. The molecule has 0 fully saturated rings. The van der Waals surface area contributed by atoms with Crippen molar-refractivity contribution in [1.82, 2.24) is 0 Å². The Labute approximate surface area is 106 Å². The van der Waals surface area contributed by atoms with Crippen LogP contribution < -0.4 is 4.74 Å². The first kappa shape index (κ1) is 12.6. The zero-order valence-electron chi connectivity index (χ0n) is 10.6. The van der Waals surface area contributed by atoms with Crippen LogP contribution in [0.4, 0.5) is 0 Å². The van der Waals surface area contributed by atoms with Crippen molar-refractivity contribution in [3.05, 3.63) is 29.3 Å². The first-order valence-corrected chi connectivity index (χ1v) is 5.93. The average molecular weight is 248 g/mol. The minimum Gasteiger partial charge on any atom is -0.497 e. The fourth-order valence-corrected chi connectivity index (χ4v) is 2.30. The summed E-state index contributed by atoms with van der Waals surface area (Å²) < 4.78 is 9.75. The lowest BCUT2D eigenvalue weighted by atomic mass is 9.81. The van der Waals surface area contributed by atoms with Crippen molar-refractivity contribution in [3.8, 4) is 5.75 Å². The van der Waals surface area contributed by atoms with Gasteiger partial charge in [-0.3, -0.25) is 9.59 Å². The molecule has 0 spiro atoms. The van der Waals surface area contributed by atoms with Gasteiger partial charge in [0.15, 0.2) is 5.78 Å². The maximum absolute atomic E-state index is 12.2. The molecule has 2 rings (SSSR count). The topological polar surface area (TPSA) is 52.6 Å². The highest BCUT2D eigenvalue weighted by molar-refractivity contribution is 6.01. The fraction of sp³-hybridized carbons (Fsp3) is 0.429. The SMILES string of the molecule is COC(=O)C[C@@H]1CCc2cc(OC)ccc2C1=O. The largest absolute Gasteiger partial charge is 0.497 e. The van der Waals surface area contributed by atoms with E-state index < -0.39 is 0 Å². The van der Waals surface area contributed by atoms with E-state index in [1.54, 1.807) is 19.2 Å². The molecule has 1 atom stereocenters. The van der Waals surface area contributed by atoms with Crippen molar-refractivity contribution in [2.45, 2.75) is 19.3 Å². The third-order valence-corrected chi connectivity index (χ3v) is 3.35. The number of fused-ring (bicyclic) bond motifs is 1. The highest BCUT2D eigenvalue weighted by atomic mass is 16.5. The van der Waals surface area contributed by atoms with E-state index in [0.29, 0.717) is 12.0 Å². The average Bonchev–Trinajstić information content (AvgIpc) is 2.41. The lowest BCUT2D eigenvalue weighted by molar-refractivity contribution is -0.141. The lowest BCUT2D eigenvalue weighted by Crippen LogP contribution is -2.25. The zero-order chi connectivity index (χ0) is 13.1. The molecular weight excluding hydrogens is 232 g/mol. The number of ketones is 1. The molecule has 0 saturated carbocycles. The van der Waals surface area contributed by atoms with Gasteiger partial charge in [0.25, 0.3) is 0 Å². The summed E-state index contributed by atoms with van der Waals surface area (Å²) in [5.74, 6) is 0.209. The van der Waals surface area contributed by atoms with Gasteiger partial charge in [-0.15, -0.1) is 0 Å². The van der Waals surface area contributed by atoms with E-state index in [0.717, 1.165) is 17.7 Å². The van der Waals surface area contributed by atoms with Gasteiger partial charge in [-0.25, -0.2) is 0 Å². The number of hydrogen-bond donors (Lipinski definition) is 0. The molecule has 0 aromatic heterocycles. The monoisotopic (exact) mass is 248 g/mol. The number of benzene rings is 1. The van der Waals surface area contributed by atoms with Crippen molar-refractivity contribution < 1.29 is 19.1 Å². The number of carbonyl (C=O) groups excluding carboxylic acids is 2. The minimum absolute atomic E-state index is 0.0318. The zero-order valence-corrected chi connectivity index (χ0v) is 10.6. The summed E-state index contributed by atoms with van der Waals surface area (Å²) in [6, 6.07) is 5.44. The Bertz CT molecular complexity index is 479. The number of esters is 1. The predicted octanol–water partition coefficient (Wildman–Crippen LogP) is 2.00. The smallest absolute Gasteiger partial charge is 0.306 e. The van der Waals surface area contributed by atoms with Crippen molar-refractivity contribution in [3.63, 3.8) is 0 Å². The van der Waals surface area contributed by atoms with Gasteiger partial charge in [0, 0.05) is 11.5 Å². The van der Waals surface area contributed by atoms with E-state index in [-0.39, 0.29) is 24.1 Å². The number of carbonyl (C=O) groups is 2. The van der Waals surface area contributed by atoms with Crippen LogP contribution in [0.1, 0.15) is 28.8 Å². The first-order valence-electron chi connectivity index (χ1n) is 5.93. The van der Waals surface area contributed by atoms with E-state index in [1.165, 1.54) is 7.11 Å². The van der Waals surface area contributed by atoms with Gasteiger partial charge < -0.3 is 9.47 Å². The molecule has 1 aromatic carbocycles. The number of ether oxygens (including phenoxy) is 2. The Morgan fingerprint density at radius 3 is 2.83 bits per heavy atom. The number of rotatable bonds is 3. The molecule has 1 aliphatic rings. The summed E-state index contributed by atoms with van der Waals surface area (Å²) in [6.07, 6.45) is 1.65. The Morgan fingerprint density at radius 1 is 1.39 bits per heavy atom. The summed E-state index contributed by atoms with van der Waals surface area (Å²) in [5.41, 5.74) is 1.71. The summed E-state index contributed by atoms with van der Waals surface area (Å²) in [5, 5.41) is 0. The Hall–Kier alpha value is -1.84. The maximum Gasteiger partial charge on any atom is 0.306 e. The van der Waals surface area contributed by atoms with Gasteiger partial charge in [-0.1, -0.05) is 0 Å².